The van der Waals surface area contributed by atoms with Crippen LogP contribution < -0.4 is 0 Å². The van der Waals surface area contributed by atoms with Gasteiger partial charge in [0.2, 0.25) is 0 Å². The Balaban J connectivity index is 3.56. The van der Waals surface area contributed by atoms with E-state index < -0.39 is 0 Å². The van der Waals surface area contributed by atoms with Crippen molar-refractivity contribution in [3.05, 3.63) is 12.2 Å². The summed E-state index contributed by atoms with van der Waals surface area (Å²) in [5, 5.41) is 0. The predicted octanol–water partition coefficient (Wildman–Crippen LogP) is 7.82. The second-order valence-electron chi connectivity index (χ2n) is 8.23. The van der Waals surface area contributed by atoms with Gasteiger partial charge in [0, 0.05) is 0 Å². The van der Waals surface area contributed by atoms with Gasteiger partial charge >= 0.3 is 5.91 Å². The summed E-state index contributed by atoms with van der Waals surface area (Å²) >= 11 is 0. The van der Waals surface area contributed by atoms with E-state index in [-0.39, 0.29) is 0 Å². The average molecular weight is 381 g/mol. The van der Waals surface area contributed by atoms with Crippen LogP contribution in [0.5, 0.6) is 0 Å². The molecule has 0 aromatic rings. The van der Waals surface area contributed by atoms with E-state index in [0.717, 1.165) is 38.9 Å². The molecule has 27 heavy (non-hydrogen) atoms. The van der Waals surface area contributed by atoms with Gasteiger partial charge in [-0.15, -0.1) is 0 Å². The smallest absolute Gasteiger partial charge is 0.261 e. The van der Waals surface area contributed by atoms with Gasteiger partial charge < -0.3 is 0 Å². The van der Waals surface area contributed by atoms with Gasteiger partial charge in [-0.1, -0.05) is 77.4 Å². The first-order chi connectivity index (χ1) is 13.2. The van der Waals surface area contributed by atoms with Crippen molar-refractivity contribution in [3.63, 3.8) is 0 Å². The molecule has 0 bridgehead atoms. The van der Waals surface area contributed by atoms with Crippen LogP contribution in [0.2, 0.25) is 0 Å². The highest BCUT2D eigenvalue weighted by Gasteiger charge is 2.30. The first kappa shape index (κ1) is 26.4. The second kappa shape index (κ2) is 18.7. The van der Waals surface area contributed by atoms with Gasteiger partial charge in [-0.3, -0.25) is 4.48 Å². The maximum atomic E-state index is 12.6. The van der Waals surface area contributed by atoms with Crippen molar-refractivity contribution in [2.45, 2.75) is 124 Å². The fourth-order valence-corrected chi connectivity index (χ4v) is 4.03. The van der Waals surface area contributed by atoms with Crippen molar-refractivity contribution in [1.29, 1.82) is 0 Å². The molecule has 0 atom stereocenters. The van der Waals surface area contributed by atoms with Crippen LogP contribution in [0.25, 0.3) is 0 Å². The van der Waals surface area contributed by atoms with Crippen molar-refractivity contribution >= 4 is 5.91 Å². The zero-order valence-corrected chi connectivity index (χ0v) is 19.2. The van der Waals surface area contributed by atoms with E-state index in [1.165, 1.54) is 77.0 Å². The van der Waals surface area contributed by atoms with Crippen molar-refractivity contribution in [2.24, 2.45) is 0 Å². The highest BCUT2D eigenvalue weighted by Crippen LogP contribution is 2.15. The van der Waals surface area contributed by atoms with E-state index in [1.54, 1.807) is 0 Å². The molecule has 0 saturated carbocycles. The molecule has 0 rings (SSSR count). The van der Waals surface area contributed by atoms with Crippen LogP contribution in [0.15, 0.2) is 12.2 Å². The first-order valence-electron chi connectivity index (χ1n) is 12.2. The molecule has 0 fully saturated rings. The number of amides is 1. The molecule has 0 N–H and O–H groups in total. The third kappa shape index (κ3) is 13.2. The second-order valence-corrected chi connectivity index (χ2v) is 8.23. The summed E-state index contributed by atoms with van der Waals surface area (Å²) in [7, 11) is 0. The fourth-order valence-electron chi connectivity index (χ4n) is 4.03. The van der Waals surface area contributed by atoms with Crippen LogP contribution in [0.3, 0.4) is 0 Å². The Morgan fingerprint density at radius 3 is 1.59 bits per heavy atom. The number of nitrogens with zero attached hydrogens (tertiary/aromatic N) is 1. The minimum atomic E-state index is 0.472. The van der Waals surface area contributed by atoms with E-state index in [1.807, 2.05) is 0 Å². The molecule has 0 aromatic carbocycles. The van der Waals surface area contributed by atoms with Crippen LogP contribution in [-0.4, -0.2) is 30.0 Å². The van der Waals surface area contributed by atoms with Gasteiger partial charge in [-0.25, -0.2) is 4.79 Å². The Kier molecular flexibility index (Phi) is 18.3. The lowest BCUT2D eigenvalue weighted by molar-refractivity contribution is -0.851. The van der Waals surface area contributed by atoms with Gasteiger partial charge in [0.25, 0.3) is 0 Å². The average Bonchev–Trinajstić information content (AvgIpc) is 2.69. The lowest BCUT2D eigenvalue weighted by Gasteiger charge is -2.33. The van der Waals surface area contributed by atoms with Crippen LogP contribution in [0.1, 0.15) is 124 Å². The van der Waals surface area contributed by atoms with E-state index in [2.05, 4.69) is 39.8 Å². The molecule has 2 nitrogen and oxygen atoms in total. The van der Waals surface area contributed by atoms with Crippen LogP contribution >= 0.6 is 0 Å². The monoisotopic (exact) mass is 380 g/mol. The fraction of sp³-hybridized carbons (Fsp3) is 0.880. The molecular weight excluding hydrogens is 330 g/mol. The molecule has 0 aromatic heterocycles. The number of rotatable bonds is 19. The molecule has 0 heterocycles. The summed E-state index contributed by atoms with van der Waals surface area (Å²) in [4.78, 5) is 12.6. The summed E-state index contributed by atoms with van der Waals surface area (Å²) in [6.07, 6.45) is 23.7. The van der Waals surface area contributed by atoms with E-state index >= 15 is 0 Å². The summed E-state index contributed by atoms with van der Waals surface area (Å²) in [6, 6.07) is 0. The molecule has 0 saturated heterocycles. The minimum Gasteiger partial charge on any atom is -0.261 e. The summed E-state index contributed by atoms with van der Waals surface area (Å²) in [6.45, 7) is 11.7. The predicted molar refractivity (Wildman–Crippen MR) is 121 cm³/mol. The summed E-state index contributed by atoms with van der Waals surface area (Å²) in [5.74, 6) is 0.472. The number of quaternary nitrogens is 1. The molecular formula is C25H50NO+. The van der Waals surface area contributed by atoms with Crippen molar-refractivity contribution in [2.75, 3.05) is 19.6 Å². The Morgan fingerprint density at radius 2 is 1.11 bits per heavy atom. The molecule has 0 aliphatic rings. The Morgan fingerprint density at radius 1 is 0.630 bits per heavy atom. The molecule has 160 valence electrons. The van der Waals surface area contributed by atoms with Crippen molar-refractivity contribution < 1.29 is 9.28 Å². The van der Waals surface area contributed by atoms with Gasteiger partial charge in [0.15, 0.2) is 0 Å². The standard InChI is InChI=1S/C25H50NO/c1-5-9-10-11-12-13-14-15-16-17-18-19-20-21-22-23-25(27)26(7-3,8-4)24-6-2/h15-16H,5-14,17-24H2,1-4H3/q+1. The lowest BCUT2D eigenvalue weighted by atomic mass is 10.1. The first-order valence-corrected chi connectivity index (χ1v) is 12.2. The SMILES string of the molecule is CCCCCCCCC=CCCCCCCCC(=O)[N+](CC)(CC)CCC. The normalized spacial score (nSPS) is 12.1. The maximum Gasteiger partial charge on any atom is 0.313 e. The van der Waals surface area contributed by atoms with Gasteiger partial charge in [-0.2, -0.15) is 0 Å². The number of carbonyl (C=O) groups excluding carboxylic acids is 1. The van der Waals surface area contributed by atoms with Gasteiger partial charge in [0.1, 0.15) is 0 Å². The highest BCUT2D eigenvalue weighted by atomic mass is 16.2. The van der Waals surface area contributed by atoms with Crippen LogP contribution in [0, 0.1) is 0 Å². The molecule has 0 aliphatic carbocycles. The van der Waals surface area contributed by atoms with Crippen LogP contribution in [-0.2, 0) is 4.79 Å². The largest absolute Gasteiger partial charge is 0.313 e. The lowest BCUT2D eigenvalue weighted by Crippen LogP contribution is -2.52. The van der Waals surface area contributed by atoms with E-state index in [4.69, 9.17) is 0 Å². The topological polar surface area (TPSA) is 17.1 Å². The zero-order valence-electron chi connectivity index (χ0n) is 19.2. The molecule has 0 aliphatic heterocycles. The molecule has 1 amide bonds. The van der Waals surface area contributed by atoms with Crippen LogP contribution in [0.4, 0.5) is 0 Å². The Hall–Kier alpha value is -0.630. The van der Waals surface area contributed by atoms with Crippen molar-refractivity contribution in [3.8, 4) is 0 Å². The Bertz CT molecular complexity index is 357. The number of carbonyl (C=O) groups is 1. The van der Waals surface area contributed by atoms with Crippen molar-refractivity contribution in [1.82, 2.24) is 0 Å². The van der Waals surface area contributed by atoms with Gasteiger partial charge in [-0.05, 0) is 52.4 Å². The highest BCUT2D eigenvalue weighted by molar-refractivity contribution is 5.68. The Labute approximate surface area is 171 Å². The molecule has 0 unspecified atom stereocenters. The minimum absolute atomic E-state index is 0.472. The summed E-state index contributed by atoms with van der Waals surface area (Å²) in [5.41, 5.74) is 0. The molecule has 0 radical (unpaired) electrons. The van der Waals surface area contributed by atoms with Gasteiger partial charge in [0.05, 0.1) is 26.1 Å². The number of hydrogen-bond donors (Lipinski definition) is 0. The number of unbranched alkanes of at least 4 members (excludes halogenated alkanes) is 11. The maximum absolute atomic E-state index is 12.6. The van der Waals surface area contributed by atoms with E-state index in [9.17, 15) is 4.79 Å². The third-order valence-electron chi connectivity index (χ3n) is 6.04. The van der Waals surface area contributed by atoms with E-state index in [0.29, 0.717) is 10.4 Å². The zero-order chi connectivity index (χ0) is 20.2. The number of hydrogen-bond acceptors (Lipinski definition) is 1. The number of allylic oxidation sites excluding steroid dienone is 2. The third-order valence-corrected chi connectivity index (χ3v) is 6.04. The molecule has 0 spiro atoms. The molecule has 2 heteroatoms. The summed E-state index contributed by atoms with van der Waals surface area (Å²) < 4.78 is 0.694. The quantitative estimate of drug-likeness (QED) is 0.127.